The van der Waals surface area contributed by atoms with Gasteiger partial charge in [-0.25, -0.2) is 9.97 Å². The Kier molecular flexibility index (Phi) is 6.80. The molecule has 1 aliphatic heterocycles. The summed E-state index contributed by atoms with van der Waals surface area (Å²) in [7, 11) is 0. The fraction of sp³-hybridized carbons (Fsp3) is 0.421. The third-order valence-corrected chi connectivity index (χ3v) is 4.74. The summed E-state index contributed by atoms with van der Waals surface area (Å²) in [6.07, 6.45) is 6.11. The highest BCUT2D eigenvalue weighted by molar-refractivity contribution is 6.30. The highest BCUT2D eigenvalue weighted by Crippen LogP contribution is 2.26. The first-order valence-corrected chi connectivity index (χ1v) is 9.37. The lowest BCUT2D eigenvalue weighted by atomic mass is 10.1. The number of benzene rings is 1. The molecule has 1 fully saturated rings. The minimum absolute atomic E-state index is 0.0136. The molecule has 7 heteroatoms. The number of likely N-dealkylation sites (tertiary alicyclic amines) is 1. The highest BCUT2D eigenvalue weighted by atomic mass is 35.5. The maximum atomic E-state index is 12.2. The molecule has 0 bridgehead atoms. The Morgan fingerprint density at radius 1 is 1.19 bits per heavy atom. The molecule has 0 aliphatic carbocycles. The molecule has 1 aliphatic rings. The highest BCUT2D eigenvalue weighted by Gasteiger charge is 2.24. The van der Waals surface area contributed by atoms with Crippen molar-refractivity contribution in [3.05, 3.63) is 53.3 Å². The van der Waals surface area contributed by atoms with Crippen molar-refractivity contribution in [1.82, 2.24) is 20.2 Å². The number of nitrogens with zero attached hydrogens (tertiary/aromatic N) is 3. The van der Waals surface area contributed by atoms with Gasteiger partial charge in [-0.15, -0.1) is 0 Å². The number of aromatic nitrogens is 2. The second kappa shape index (κ2) is 9.50. The molecule has 1 saturated heterocycles. The minimum atomic E-state index is 0.0136. The van der Waals surface area contributed by atoms with E-state index in [1.165, 1.54) is 12.8 Å². The molecule has 2 N–H and O–H groups in total. The molecule has 1 amide bonds. The van der Waals surface area contributed by atoms with Gasteiger partial charge in [0.2, 0.25) is 11.9 Å². The molecule has 6 nitrogen and oxygen atoms in total. The molecule has 1 unspecified atom stereocenters. The Balaban J connectivity index is 1.51. The average molecular weight is 374 g/mol. The average Bonchev–Trinajstić information content (AvgIpc) is 3.17. The maximum Gasteiger partial charge on any atom is 0.222 e. The van der Waals surface area contributed by atoms with Gasteiger partial charge in [0.15, 0.2) is 0 Å². The molecule has 3 rings (SSSR count). The lowest BCUT2D eigenvalue weighted by Crippen LogP contribution is -2.37. The van der Waals surface area contributed by atoms with E-state index < -0.39 is 0 Å². The van der Waals surface area contributed by atoms with Crippen molar-refractivity contribution in [2.24, 2.45) is 0 Å². The van der Waals surface area contributed by atoms with Gasteiger partial charge < -0.3 is 10.6 Å². The normalized spacial score (nSPS) is 15.6. The largest absolute Gasteiger partial charge is 0.354 e. The number of nitrogens with one attached hydrogen (secondary N) is 2. The fourth-order valence-corrected chi connectivity index (χ4v) is 3.40. The summed E-state index contributed by atoms with van der Waals surface area (Å²) >= 11 is 6.16. The first-order chi connectivity index (χ1) is 12.7. The number of amides is 1. The van der Waals surface area contributed by atoms with Crippen LogP contribution in [0.1, 0.15) is 30.9 Å². The Hall–Kier alpha value is -2.18. The van der Waals surface area contributed by atoms with Crippen LogP contribution in [0.5, 0.6) is 0 Å². The zero-order chi connectivity index (χ0) is 18.2. The van der Waals surface area contributed by atoms with Crippen LogP contribution in [0.4, 0.5) is 5.95 Å². The van der Waals surface area contributed by atoms with E-state index in [4.69, 9.17) is 11.6 Å². The predicted octanol–water partition coefficient (Wildman–Crippen LogP) is 2.89. The molecule has 0 saturated carbocycles. The summed E-state index contributed by atoms with van der Waals surface area (Å²) in [5.41, 5.74) is 1.15. The van der Waals surface area contributed by atoms with Gasteiger partial charge in [0.05, 0.1) is 6.04 Å². The first kappa shape index (κ1) is 18.6. The van der Waals surface area contributed by atoms with Crippen LogP contribution in [-0.4, -0.2) is 47.0 Å². The molecule has 2 aromatic rings. The van der Waals surface area contributed by atoms with Crippen LogP contribution >= 0.6 is 11.6 Å². The number of hydrogen-bond acceptors (Lipinski definition) is 5. The number of rotatable bonds is 8. The van der Waals surface area contributed by atoms with E-state index >= 15 is 0 Å². The smallest absolute Gasteiger partial charge is 0.222 e. The van der Waals surface area contributed by atoms with Gasteiger partial charge in [-0.3, -0.25) is 9.69 Å². The lowest BCUT2D eigenvalue weighted by Gasteiger charge is -2.28. The summed E-state index contributed by atoms with van der Waals surface area (Å²) in [4.78, 5) is 22.8. The number of anilines is 1. The van der Waals surface area contributed by atoms with Crippen LogP contribution in [0.25, 0.3) is 0 Å². The van der Waals surface area contributed by atoms with Crippen molar-refractivity contribution >= 4 is 23.5 Å². The van der Waals surface area contributed by atoms with Crippen LogP contribution in [0.15, 0.2) is 42.7 Å². The summed E-state index contributed by atoms with van der Waals surface area (Å²) in [6, 6.07) is 9.83. The first-order valence-electron chi connectivity index (χ1n) is 8.99. The molecule has 26 heavy (non-hydrogen) atoms. The molecule has 1 aromatic carbocycles. The van der Waals surface area contributed by atoms with E-state index in [1.807, 2.05) is 18.2 Å². The van der Waals surface area contributed by atoms with Gasteiger partial charge >= 0.3 is 0 Å². The van der Waals surface area contributed by atoms with E-state index in [-0.39, 0.29) is 11.9 Å². The Bertz CT molecular complexity index is 706. The standard InChI is InChI=1S/C19H24ClN5O/c20-16-6-3-5-15(13-16)17(25-11-1-2-12-25)14-24-18(26)7-10-23-19-21-8-4-9-22-19/h3-6,8-9,13,17H,1-2,7,10-12,14H2,(H,24,26)(H,21,22,23). The summed E-state index contributed by atoms with van der Waals surface area (Å²) in [5.74, 6) is 0.550. The van der Waals surface area contributed by atoms with E-state index in [0.29, 0.717) is 25.5 Å². The number of hydrogen-bond donors (Lipinski definition) is 2. The second-order valence-electron chi connectivity index (χ2n) is 6.37. The third-order valence-electron chi connectivity index (χ3n) is 4.51. The van der Waals surface area contributed by atoms with Crippen molar-refractivity contribution in [2.75, 3.05) is 31.5 Å². The Morgan fingerprint density at radius 2 is 1.96 bits per heavy atom. The Morgan fingerprint density at radius 3 is 2.69 bits per heavy atom. The van der Waals surface area contributed by atoms with Gasteiger partial charge in [0.25, 0.3) is 0 Å². The second-order valence-corrected chi connectivity index (χ2v) is 6.80. The fourth-order valence-electron chi connectivity index (χ4n) is 3.20. The molecule has 138 valence electrons. The van der Waals surface area contributed by atoms with E-state index in [9.17, 15) is 4.79 Å². The lowest BCUT2D eigenvalue weighted by molar-refractivity contribution is -0.121. The van der Waals surface area contributed by atoms with Crippen molar-refractivity contribution in [1.29, 1.82) is 0 Å². The topological polar surface area (TPSA) is 70.1 Å². The molecular weight excluding hydrogens is 350 g/mol. The van der Waals surface area contributed by atoms with Crippen LogP contribution < -0.4 is 10.6 Å². The molecule has 1 atom stereocenters. The molecule has 0 spiro atoms. The van der Waals surface area contributed by atoms with Crippen molar-refractivity contribution in [3.63, 3.8) is 0 Å². The van der Waals surface area contributed by atoms with Crippen LogP contribution in [0.3, 0.4) is 0 Å². The quantitative estimate of drug-likeness (QED) is 0.744. The SMILES string of the molecule is O=C(CCNc1ncccn1)NCC(c1cccc(Cl)c1)N1CCCC1. The molecule has 0 radical (unpaired) electrons. The van der Waals surface area contributed by atoms with Crippen LogP contribution in [0.2, 0.25) is 5.02 Å². The molecular formula is C19H24ClN5O. The van der Waals surface area contributed by atoms with E-state index in [1.54, 1.807) is 18.5 Å². The minimum Gasteiger partial charge on any atom is -0.354 e. The van der Waals surface area contributed by atoms with Crippen molar-refractivity contribution < 1.29 is 4.79 Å². The van der Waals surface area contributed by atoms with Gasteiger partial charge in [0, 0.05) is 36.9 Å². The number of halogens is 1. The van der Waals surface area contributed by atoms with Gasteiger partial charge in [-0.2, -0.15) is 0 Å². The van der Waals surface area contributed by atoms with E-state index in [0.717, 1.165) is 23.7 Å². The van der Waals surface area contributed by atoms with Gasteiger partial charge in [-0.1, -0.05) is 23.7 Å². The zero-order valence-corrected chi connectivity index (χ0v) is 15.5. The zero-order valence-electron chi connectivity index (χ0n) is 14.7. The van der Waals surface area contributed by atoms with Gasteiger partial charge in [-0.05, 0) is 49.7 Å². The molecule has 1 aromatic heterocycles. The molecule has 2 heterocycles. The van der Waals surface area contributed by atoms with E-state index in [2.05, 4.69) is 31.6 Å². The predicted molar refractivity (Wildman–Crippen MR) is 103 cm³/mol. The summed E-state index contributed by atoms with van der Waals surface area (Å²) < 4.78 is 0. The monoisotopic (exact) mass is 373 g/mol. The van der Waals surface area contributed by atoms with Crippen molar-refractivity contribution in [3.8, 4) is 0 Å². The number of carbonyl (C=O) groups is 1. The van der Waals surface area contributed by atoms with Crippen LogP contribution in [-0.2, 0) is 4.79 Å². The Labute approximate surface area is 159 Å². The summed E-state index contributed by atoms with van der Waals surface area (Å²) in [5, 5.41) is 6.83. The summed E-state index contributed by atoms with van der Waals surface area (Å²) in [6.45, 7) is 3.20. The van der Waals surface area contributed by atoms with Crippen LogP contribution in [0, 0.1) is 0 Å². The maximum absolute atomic E-state index is 12.2. The van der Waals surface area contributed by atoms with Gasteiger partial charge in [0.1, 0.15) is 0 Å². The third kappa shape index (κ3) is 5.41. The van der Waals surface area contributed by atoms with Crippen molar-refractivity contribution in [2.45, 2.75) is 25.3 Å². The number of carbonyl (C=O) groups excluding carboxylic acids is 1.